The molecule has 1 atom stereocenters. The summed E-state index contributed by atoms with van der Waals surface area (Å²) >= 11 is 9.58. The zero-order valence-electron chi connectivity index (χ0n) is 11.1. The van der Waals surface area contributed by atoms with Crippen LogP contribution >= 0.6 is 27.5 Å². The molecule has 0 aromatic heterocycles. The van der Waals surface area contributed by atoms with Gasteiger partial charge in [-0.25, -0.2) is 0 Å². The van der Waals surface area contributed by atoms with Gasteiger partial charge in [0.15, 0.2) is 0 Å². The van der Waals surface area contributed by atoms with E-state index in [0.717, 1.165) is 27.2 Å². The molecule has 0 heterocycles. The maximum atomic E-state index is 6.13. The zero-order valence-corrected chi connectivity index (χ0v) is 13.4. The average Bonchev–Trinajstić information content (AvgIpc) is 2.37. The minimum atomic E-state index is 0.361. The zero-order chi connectivity index (χ0) is 13.8. The monoisotopic (exact) mass is 337 g/mol. The largest absolute Gasteiger partial charge is 0.382 e. The smallest absolute Gasteiger partial charge is 0.0455 e. The lowest BCUT2D eigenvalue weighted by Crippen LogP contribution is -2.18. The van der Waals surface area contributed by atoms with E-state index < -0.39 is 0 Å². The van der Waals surface area contributed by atoms with Gasteiger partial charge in [-0.1, -0.05) is 45.7 Å². The Morgan fingerprint density at radius 3 is 2.47 bits per heavy atom. The molecule has 0 bridgehead atoms. The second-order valence-corrected chi connectivity index (χ2v) is 6.16. The number of benzene rings is 2. The van der Waals surface area contributed by atoms with Crippen molar-refractivity contribution < 1.29 is 0 Å². The van der Waals surface area contributed by atoms with Crippen molar-refractivity contribution in [3.05, 3.63) is 63.1 Å². The molecule has 1 unspecified atom stereocenters. The predicted octanol–water partition coefficient (Wildman–Crippen LogP) is 5.45. The number of anilines is 1. The molecule has 0 saturated heterocycles. The Morgan fingerprint density at radius 2 is 1.84 bits per heavy atom. The van der Waals surface area contributed by atoms with Gasteiger partial charge in [-0.15, -0.1) is 0 Å². The van der Waals surface area contributed by atoms with Crippen molar-refractivity contribution in [2.75, 3.05) is 5.32 Å². The molecule has 1 nitrogen and oxygen atoms in total. The Morgan fingerprint density at radius 1 is 1.16 bits per heavy atom. The van der Waals surface area contributed by atoms with Crippen molar-refractivity contribution in [1.29, 1.82) is 0 Å². The molecule has 2 aromatic rings. The van der Waals surface area contributed by atoms with Crippen LogP contribution in [0.1, 0.15) is 18.1 Å². The standard InChI is InChI=1S/C16H17BrClN/c1-11-3-8-15(10-16(11)18)19-12(2)9-13-4-6-14(17)7-5-13/h3-8,10,12,19H,9H2,1-2H3. The van der Waals surface area contributed by atoms with Gasteiger partial charge >= 0.3 is 0 Å². The number of hydrogen-bond acceptors (Lipinski definition) is 1. The van der Waals surface area contributed by atoms with Gasteiger partial charge in [-0.3, -0.25) is 0 Å². The summed E-state index contributed by atoms with van der Waals surface area (Å²) in [5.41, 5.74) is 3.49. The molecular formula is C16H17BrClN. The van der Waals surface area contributed by atoms with E-state index in [1.165, 1.54) is 5.56 Å². The van der Waals surface area contributed by atoms with Crippen molar-refractivity contribution >= 4 is 33.2 Å². The van der Waals surface area contributed by atoms with Gasteiger partial charge in [-0.05, 0) is 55.7 Å². The highest BCUT2D eigenvalue weighted by atomic mass is 79.9. The van der Waals surface area contributed by atoms with Gasteiger partial charge in [0.05, 0.1) is 0 Å². The molecule has 0 saturated carbocycles. The third kappa shape index (κ3) is 4.26. The van der Waals surface area contributed by atoms with E-state index >= 15 is 0 Å². The van der Waals surface area contributed by atoms with E-state index in [0.29, 0.717) is 6.04 Å². The number of halogens is 2. The molecule has 100 valence electrons. The van der Waals surface area contributed by atoms with E-state index in [1.54, 1.807) is 0 Å². The fourth-order valence-corrected chi connectivity index (χ4v) is 2.44. The molecule has 0 aliphatic heterocycles. The molecule has 2 rings (SSSR count). The molecule has 0 fully saturated rings. The summed E-state index contributed by atoms with van der Waals surface area (Å²) < 4.78 is 1.11. The Labute approximate surface area is 128 Å². The van der Waals surface area contributed by atoms with Gasteiger partial charge in [0.1, 0.15) is 0 Å². The number of nitrogens with one attached hydrogen (secondary N) is 1. The molecule has 0 spiro atoms. The highest BCUT2D eigenvalue weighted by Gasteiger charge is 2.05. The van der Waals surface area contributed by atoms with Crippen LogP contribution in [0.5, 0.6) is 0 Å². The van der Waals surface area contributed by atoms with Crippen molar-refractivity contribution in [2.45, 2.75) is 26.3 Å². The molecule has 0 amide bonds. The summed E-state index contributed by atoms with van der Waals surface area (Å²) in [6, 6.07) is 14.9. The number of hydrogen-bond donors (Lipinski definition) is 1. The minimum absolute atomic E-state index is 0.361. The first kappa shape index (κ1) is 14.4. The topological polar surface area (TPSA) is 12.0 Å². The summed E-state index contributed by atoms with van der Waals surface area (Å²) in [5, 5.41) is 4.28. The summed E-state index contributed by atoms with van der Waals surface area (Å²) in [5.74, 6) is 0. The van der Waals surface area contributed by atoms with Crippen LogP contribution in [0.3, 0.4) is 0 Å². The summed E-state index contributed by atoms with van der Waals surface area (Å²) in [7, 11) is 0. The van der Waals surface area contributed by atoms with Crippen LogP contribution in [0.15, 0.2) is 46.9 Å². The first-order valence-electron chi connectivity index (χ1n) is 6.32. The predicted molar refractivity (Wildman–Crippen MR) is 87.1 cm³/mol. The lowest BCUT2D eigenvalue weighted by atomic mass is 10.1. The molecule has 19 heavy (non-hydrogen) atoms. The molecular weight excluding hydrogens is 322 g/mol. The number of rotatable bonds is 4. The van der Waals surface area contributed by atoms with Crippen LogP contribution in [0.2, 0.25) is 5.02 Å². The lowest BCUT2D eigenvalue weighted by molar-refractivity contribution is 0.790. The molecule has 1 N–H and O–H groups in total. The quantitative estimate of drug-likeness (QED) is 0.781. The van der Waals surface area contributed by atoms with Crippen LogP contribution in [0.4, 0.5) is 5.69 Å². The Hall–Kier alpha value is -0.990. The third-order valence-electron chi connectivity index (χ3n) is 3.04. The first-order valence-corrected chi connectivity index (χ1v) is 7.49. The third-order valence-corrected chi connectivity index (χ3v) is 3.98. The highest BCUT2D eigenvalue weighted by molar-refractivity contribution is 9.10. The van der Waals surface area contributed by atoms with Gasteiger partial charge < -0.3 is 5.32 Å². The SMILES string of the molecule is Cc1ccc(NC(C)Cc2ccc(Br)cc2)cc1Cl. The van der Waals surface area contributed by atoms with Gasteiger partial charge in [-0.2, -0.15) is 0 Å². The van der Waals surface area contributed by atoms with Crippen molar-refractivity contribution in [3.8, 4) is 0 Å². The van der Waals surface area contributed by atoms with Crippen LogP contribution in [-0.4, -0.2) is 6.04 Å². The average molecular weight is 339 g/mol. The van der Waals surface area contributed by atoms with Crippen LogP contribution in [0, 0.1) is 6.92 Å². The molecule has 0 aliphatic carbocycles. The minimum Gasteiger partial charge on any atom is -0.382 e. The first-order chi connectivity index (χ1) is 9.04. The Bertz CT molecular complexity index is 551. The van der Waals surface area contributed by atoms with E-state index in [-0.39, 0.29) is 0 Å². The van der Waals surface area contributed by atoms with Crippen molar-refractivity contribution in [3.63, 3.8) is 0 Å². The van der Waals surface area contributed by atoms with Crippen LogP contribution in [0.25, 0.3) is 0 Å². The maximum Gasteiger partial charge on any atom is 0.0455 e. The van der Waals surface area contributed by atoms with Crippen molar-refractivity contribution in [1.82, 2.24) is 0 Å². The van der Waals surface area contributed by atoms with E-state index in [1.807, 2.05) is 19.1 Å². The molecule has 2 aromatic carbocycles. The fraction of sp³-hybridized carbons (Fsp3) is 0.250. The molecule has 3 heteroatoms. The Balaban J connectivity index is 1.98. The van der Waals surface area contributed by atoms with Gasteiger partial charge in [0, 0.05) is 21.2 Å². The normalized spacial score (nSPS) is 12.2. The highest BCUT2D eigenvalue weighted by Crippen LogP contribution is 2.21. The fourth-order valence-electron chi connectivity index (χ4n) is 1.99. The van der Waals surface area contributed by atoms with Crippen LogP contribution in [-0.2, 0) is 6.42 Å². The molecule has 0 radical (unpaired) electrons. The second-order valence-electron chi connectivity index (χ2n) is 4.84. The number of aryl methyl sites for hydroxylation is 1. The summed E-state index contributed by atoms with van der Waals surface area (Å²) in [6.45, 7) is 4.19. The van der Waals surface area contributed by atoms with E-state index in [4.69, 9.17) is 11.6 Å². The van der Waals surface area contributed by atoms with E-state index in [9.17, 15) is 0 Å². The lowest BCUT2D eigenvalue weighted by Gasteiger charge is -2.16. The Kier molecular flexibility index (Phi) is 4.89. The van der Waals surface area contributed by atoms with Gasteiger partial charge in [0.2, 0.25) is 0 Å². The maximum absolute atomic E-state index is 6.13. The molecule has 0 aliphatic rings. The van der Waals surface area contributed by atoms with Gasteiger partial charge in [0.25, 0.3) is 0 Å². The van der Waals surface area contributed by atoms with Crippen LogP contribution < -0.4 is 5.32 Å². The second kappa shape index (κ2) is 6.44. The van der Waals surface area contributed by atoms with Crippen molar-refractivity contribution in [2.24, 2.45) is 0 Å². The van der Waals surface area contributed by atoms with E-state index in [2.05, 4.69) is 58.5 Å². The summed E-state index contributed by atoms with van der Waals surface area (Å²) in [4.78, 5) is 0. The summed E-state index contributed by atoms with van der Waals surface area (Å²) in [6.07, 6.45) is 0.985.